The molecule has 2 rings (SSSR count). The minimum atomic E-state index is -0.0325. The second-order valence-electron chi connectivity index (χ2n) is 8.44. The van der Waals surface area contributed by atoms with Gasteiger partial charge in [-0.25, -0.2) is 0 Å². The van der Waals surface area contributed by atoms with Gasteiger partial charge in [0.05, 0.1) is 0 Å². The lowest BCUT2D eigenvalue weighted by atomic mass is 9.72. The predicted molar refractivity (Wildman–Crippen MR) is 104 cm³/mol. The van der Waals surface area contributed by atoms with Crippen molar-refractivity contribution in [2.45, 2.75) is 116 Å². The van der Waals surface area contributed by atoms with Crippen LogP contribution in [0.4, 0.5) is 0 Å². The van der Waals surface area contributed by atoms with E-state index in [9.17, 15) is 4.79 Å². The summed E-state index contributed by atoms with van der Waals surface area (Å²) in [6.45, 7) is 0. The zero-order chi connectivity index (χ0) is 17.0. The number of carbonyl (C=O) groups excluding carboxylic acids is 1. The largest absolute Gasteiger partial charge is 0.281 e. The zero-order valence-electron chi connectivity index (χ0n) is 15.7. The summed E-state index contributed by atoms with van der Waals surface area (Å²) in [6.07, 6.45) is 24.0. The van der Waals surface area contributed by atoms with Crippen molar-refractivity contribution in [3.8, 4) is 0 Å². The van der Waals surface area contributed by atoms with Gasteiger partial charge >= 0.3 is 0 Å². The molecule has 2 saturated carbocycles. The molecule has 0 spiro atoms. The summed E-state index contributed by atoms with van der Waals surface area (Å²) in [6, 6.07) is 0. The van der Waals surface area contributed by atoms with Crippen molar-refractivity contribution in [3.05, 3.63) is 0 Å². The summed E-state index contributed by atoms with van der Waals surface area (Å²) in [5.41, 5.74) is 0. The van der Waals surface area contributed by atoms with E-state index in [0.29, 0.717) is 5.92 Å². The lowest BCUT2D eigenvalue weighted by Gasteiger charge is -2.33. The Balaban J connectivity index is 2.03. The molecular weight excluding hydrogens is 316 g/mol. The van der Waals surface area contributed by atoms with Gasteiger partial charge in [0, 0.05) is 5.92 Å². The fraction of sp³-hybridized carbons (Fsp3) is 0.955. The van der Waals surface area contributed by atoms with Crippen molar-refractivity contribution < 1.29 is 4.79 Å². The van der Waals surface area contributed by atoms with E-state index >= 15 is 0 Å². The Labute approximate surface area is 155 Å². The first-order valence-electron chi connectivity index (χ1n) is 11.0. The van der Waals surface area contributed by atoms with Gasteiger partial charge in [-0.05, 0) is 36.3 Å². The van der Waals surface area contributed by atoms with Crippen LogP contribution in [0.15, 0.2) is 0 Å². The summed E-state index contributed by atoms with van der Waals surface area (Å²) in [5.74, 6) is 1.45. The summed E-state index contributed by atoms with van der Waals surface area (Å²) in [4.78, 5) is 12.2. The summed E-state index contributed by atoms with van der Waals surface area (Å²) >= 11 is 6.11. The number of halogens is 1. The molecular formula is C22H39ClO. The molecule has 0 aliphatic heterocycles. The molecule has 1 nitrogen and oxygen atoms in total. The molecule has 2 aliphatic rings. The highest BCUT2D eigenvalue weighted by Gasteiger charge is 2.32. The molecule has 2 heteroatoms. The molecule has 0 bridgehead atoms. The first-order valence-corrected chi connectivity index (χ1v) is 11.4. The zero-order valence-corrected chi connectivity index (χ0v) is 16.5. The average molecular weight is 355 g/mol. The average Bonchev–Trinajstić information content (AvgIpc) is 2.64. The van der Waals surface area contributed by atoms with Gasteiger partial charge in [-0.3, -0.25) is 4.79 Å². The van der Waals surface area contributed by atoms with Crippen LogP contribution in [0.3, 0.4) is 0 Å². The molecule has 0 N–H and O–H groups in total. The van der Waals surface area contributed by atoms with Gasteiger partial charge < -0.3 is 0 Å². The molecule has 0 aromatic carbocycles. The van der Waals surface area contributed by atoms with Gasteiger partial charge in [-0.1, -0.05) is 103 Å². The van der Waals surface area contributed by atoms with Gasteiger partial charge in [-0.15, -0.1) is 0 Å². The molecule has 0 radical (unpaired) electrons. The first-order chi connectivity index (χ1) is 11.8. The van der Waals surface area contributed by atoms with Crippen LogP contribution in [0.5, 0.6) is 0 Å². The van der Waals surface area contributed by atoms with Crippen LogP contribution in [0, 0.1) is 17.8 Å². The highest BCUT2D eigenvalue weighted by atomic mass is 35.5. The van der Waals surface area contributed by atoms with Crippen molar-refractivity contribution in [3.63, 3.8) is 0 Å². The smallest absolute Gasteiger partial charge is 0.225 e. The molecule has 140 valence electrons. The number of hydrogen-bond donors (Lipinski definition) is 0. The third-order valence-corrected chi connectivity index (χ3v) is 6.90. The van der Waals surface area contributed by atoms with Crippen LogP contribution in [0.1, 0.15) is 116 Å². The predicted octanol–water partition coefficient (Wildman–Crippen LogP) is 7.65. The highest BCUT2D eigenvalue weighted by molar-refractivity contribution is 6.64. The molecule has 2 fully saturated rings. The molecule has 2 aliphatic carbocycles. The van der Waals surface area contributed by atoms with E-state index in [1.165, 1.54) is 109 Å². The van der Waals surface area contributed by atoms with E-state index in [0.717, 1.165) is 12.3 Å². The fourth-order valence-electron chi connectivity index (χ4n) is 5.16. The molecule has 0 aromatic heterocycles. The van der Waals surface area contributed by atoms with Gasteiger partial charge in [0.1, 0.15) is 0 Å². The Morgan fingerprint density at radius 2 is 0.917 bits per heavy atom. The third kappa shape index (κ3) is 7.46. The maximum absolute atomic E-state index is 12.2. The second-order valence-corrected chi connectivity index (χ2v) is 8.81. The maximum atomic E-state index is 12.2. The standard InChI is InChI=1S/C22H39ClO/c23-22(24)21-18-14-10-6-5-9-13-17-20(21)19-15-11-7-3-1-2-4-8-12-16-19/h19-21H,1-18H2/t20-,21?/m1/s1. The van der Waals surface area contributed by atoms with E-state index in [1.807, 2.05) is 0 Å². The van der Waals surface area contributed by atoms with Gasteiger partial charge in [0.25, 0.3) is 0 Å². The molecule has 0 heterocycles. The van der Waals surface area contributed by atoms with E-state index in [1.54, 1.807) is 0 Å². The quantitative estimate of drug-likeness (QED) is 0.465. The number of hydrogen-bond acceptors (Lipinski definition) is 1. The van der Waals surface area contributed by atoms with Gasteiger partial charge in [-0.2, -0.15) is 0 Å². The second kappa shape index (κ2) is 12.3. The fourth-order valence-corrected chi connectivity index (χ4v) is 5.43. The minimum absolute atomic E-state index is 0.0325. The van der Waals surface area contributed by atoms with E-state index < -0.39 is 0 Å². The normalized spacial score (nSPS) is 30.2. The van der Waals surface area contributed by atoms with Crippen molar-refractivity contribution >= 4 is 16.8 Å². The number of rotatable bonds is 2. The lowest BCUT2D eigenvalue weighted by molar-refractivity contribution is -0.118. The molecule has 24 heavy (non-hydrogen) atoms. The molecule has 0 aromatic rings. The van der Waals surface area contributed by atoms with Crippen LogP contribution in [0.2, 0.25) is 0 Å². The highest BCUT2D eigenvalue weighted by Crippen LogP contribution is 2.39. The van der Waals surface area contributed by atoms with Gasteiger partial charge in [0.2, 0.25) is 5.24 Å². The molecule has 2 atom stereocenters. The topological polar surface area (TPSA) is 17.1 Å². The Hall–Kier alpha value is -0.0400. The Kier molecular flexibility index (Phi) is 10.4. The lowest BCUT2D eigenvalue weighted by Crippen LogP contribution is -2.28. The maximum Gasteiger partial charge on any atom is 0.225 e. The Morgan fingerprint density at radius 3 is 1.38 bits per heavy atom. The minimum Gasteiger partial charge on any atom is -0.281 e. The summed E-state index contributed by atoms with van der Waals surface area (Å²) in [5, 5.41) is -0.0325. The molecule has 0 amide bonds. The van der Waals surface area contributed by atoms with Crippen molar-refractivity contribution in [2.75, 3.05) is 0 Å². The van der Waals surface area contributed by atoms with Gasteiger partial charge in [0.15, 0.2) is 0 Å². The van der Waals surface area contributed by atoms with E-state index in [4.69, 9.17) is 11.6 Å². The van der Waals surface area contributed by atoms with E-state index in [2.05, 4.69) is 0 Å². The number of carbonyl (C=O) groups is 1. The first kappa shape index (κ1) is 20.3. The van der Waals surface area contributed by atoms with Crippen molar-refractivity contribution in [2.24, 2.45) is 17.8 Å². The molecule has 0 saturated heterocycles. The van der Waals surface area contributed by atoms with Crippen LogP contribution in [-0.4, -0.2) is 5.24 Å². The Morgan fingerprint density at radius 1 is 0.542 bits per heavy atom. The molecule has 1 unspecified atom stereocenters. The summed E-state index contributed by atoms with van der Waals surface area (Å²) < 4.78 is 0. The van der Waals surface area contributed by atoms with Crippen LogP contribution >= 0.6 is 11.6 Å². The van der Waals surface area contributed by atoms with Crippen LogP contribution in [-0.2, 0) is 4.79 Å². The van der Waals surface area contributed by atoms with E-state index in [-0.39, 0.29) is 11.2 Å². The third-order valence-electron chi connectivity index (χ3n) is 6.62. The van der Waals surface area contributed by atoms with Crippen LogP contribution < -0.4 is 0 Å². The monoisotopic (exact) mass is 354 g/mol. The summed E-state index contributed by atoms with van der Waals surface area (Å²) in [7, 11) is 0. The van der Waals surface area contributed by atoms with Crippen molar-refractivity contribution in [1.82, 2.24) is 0 Å². The Bertz CT molecular complexity index is 329. The SMILES string of the molecule is O=C(Cl)C1CCCCCCCC[C@@H]1C1CCCCCCCCCC1. The van der Waals surface area contributed by atoms with Crippen LogP contribution in [0.25, 0.3) is 0 Å². The van der Waals surface area contributed by atoms with Crippen molar-refractivity contribution in [1.29, 1.82) is 0 Å².